The Bertz CT molecular complexity index is 909. The molecule has 1 saturated heterocycles. The zero-order valence-electron chi connectivity index (χ0n) is 17.2. The number of nitrogens with one attached hydrogen (secondary N) is 2. The molecule has 1 aliphatic rings. The SMILES string of the molecule is CCCc1ncc(C[C@H](NC(=O)c2cnc(C)cn2)C(=O)N2CCC[C@H]2C(N)=O)[nH]1. The molecule has 3 rings (SSSR count). The molecule has 1 fully saturated rings. The first kappa shape index (κ1) is 21.4. The molecule has 10 heteroatoms. The number of nitrogens with zero attached hydrogens (tertiary/aromatic N) is 4. The Hall–Kier alpha value is -3.30. The van der Waals surface area contributed by atoms with E-state index in [-0.39, 0.29) is 18.0 Å². The third kappa shape index (κ3) is 5.00. The van der Waals surface area contributed by atoms with Crippen LogP contribution < -0.4 is 11.1 Å². The van der Waals surface area contributed by atoms with Crippen LogP contribution in [0.15, 0.2) is 18.6 Å². The van der Waals surface area contributed by atoms with E-state index in [1.54, 1.807) is 13.1 Å². The second-order valence-electron chi connectivity index (χ2n) is 7.47. The number of H-pyrrole nitrogens is 1. The minimum absolute atomic E-state index is 0.113. The molecule has 3 amide bonds. The smallest absolute Gasteiger partial charge is 0.272 e. The summed E-state index contributed by atoms with van der Waals surface area (Å²) in [4.78, 5) is 54.8. The average molecular weight is 413 g/mol. The number of aromatic amines is 1. The van der Waals surface area contributed by atoms with E-state index in [0.29, 0.717) is 25.1 Å². The van der Waals surface area contributed by atoms with Crippen molar-refractivity contribution in [3.63, 3.8) is 0 Å². The predicted octanol–water partition coefficient (Wildman–Crippen LogP) is 0.278. The summed E-state index contributed by atoms with van der Waals surface area (Å²) in [5.41, 5.74) is 6.99. The number of nitrogens with two attached hydrogens (primary N) is 1. The molecule has 2 aromatic rings. The van der Waals surface area contributed by atoms with Crippen molar-refractivity contribution < 1.29 is 14.4 Å². The molecule has 2 atom stereocenters. The Morgan fingerprint density at radius 2 is 2.07 bits per heavy atom. The zero-order chi connectivity index (χ0) is 21.7. The number of imidazole rings is 1. The first-order valence-electron chi connectivity index (χ1n) is 10.1. The highest BCUT2D eigenvalue weighted by Gasteiger charge is 2.37. The number of carbonyl (C=O) groups excluding carboxylic acids is 3. The van der Waals surface area contributed by atoms with Gasteiger partial charge in [-0.15, -0.1) is 0 Å². The van der Waals surface area contributed by atoms with Gasteiger partial charge >= 0.3 is 0 Å². The number of hydrogen-bond acceptors (Lipinski definition) is 6. The van der Waals surface area contributed by atoms with Crippen LogP contribution in [0, 0.1) is 6.92 Å². The number of aromatic nitrogens is 4. The van der Waals surface area contributed by atoms with E-state index in [0.717, 1.165) is 24.4 Å². The highest BCUT2D eigenvalue weighted by atomic mass is 16.2. The topological polar surface area (TPSA) is 147 Å². The Kier molecular flexibility index (Phi) is 6.76. The lowest BCUT2D eigenvalue weighted by atomic mass is 10.1. The van der Waals surface area contributed by atoms with Crippen LogP contribution in [0.25, 0.3) is 0 Å². The van der Waals surface area contributed by atoms with E-state index in [2.05, 4.69) is 32.2 Å². The largest absolute Gasteiger partial charge is 0.368 e. The van der Waals surface area contributed by atoms with Crippen LogP contribution in [-0.4, -0.2) is 61.2 Å². The second-order valence-corrected chi connectivity index (χ2v) is 7.47. The summed E-state index contributed by atoms with van der Waals surface area (Å²) >= 11 is 0. The summed E-state index contributed by atoms with van der Waals surface area (Å²) in [6, 6.07) is -1.55. The van der Waals surface area contributed by atoms with Crippen LogP contribution in [0.2, 0.25) is 0 Å². The van der Waals surface area contributed by atoms with Gasteiger partial charge in [-0.05, 0) is 26.2 Å². The van der Waals surface area contributed by atoms with Crippen molar-refractivity contribution in [3.05, 3.63) is 41.5 Å². The van der Waals surface area contributed by atoms with Crippen molar-refractivity contribution in [2.75, 3.05) is 6.54 Å². The third-order valence-corrected chi connectivity index (χ3v) is 5.07. The van der Waals surface area contributed by atoms with Crippen molar-refractivity contribution in [1.29, 1.82) is 0 Å². The third-order valence-electron chi connectivity index (χ3n) is 5.07. The number of rotatable bonds is 8. The number of aryl methyl sites for hydroxylation is 2. The lowest BCUT2D eigenvalue weighted by Crippen LogP contribution is -2.53. The molecule has 4 N–H and O–H groups in total. The number of amides is 3. The Morgan fingerprint density at radius 1 is 1.27 bits per heavy atom. The fourth-order valence-corrected chi connectivity index (χ4v) is 3.56. The molecular weight excluding hydrogens is 386 g/mol. The second kappa shape index (κ2) is 9.47. The van der Waals surface area contributed by atoms with Crippen LogP contribution in [0.4, 0.5) is 0 Å². The summed E-state index contributed by atoms with van der Waals surface area (Å²) in [5, 5.41) is 2.75. The number of carbonyl (C=O) groups is 3. The molecule has 30 heavy (non-hydrogen) atoms. The van der Waals surface area contributed by atoms with E-state index in [4.69, 9.17) is 5.73 Å². The molecule has 0 radical (unpaired) electrons. The van der Waals surface area contributed by atoms with Gasteiger partial charge in [0, 0.05) is 37.5 Å². The molecule has 0 saturated carbocycles. The van der Waals surface area contributed by atoms with Crippen LogP contribution >= 0.6 is 0 Å². The Balaban J connectivity index is 1.81. The molecule has 0 spiro atoms. The predicted molar refractivity (Wildman–Crippen MR) is 108 cm³/mol. The highest BCUT2D eigenvalue weighted by Crippen LogP contribution is 2.19. The van der Waals surface area contributed by atoms with E-state index in [9.17, 15) is 14.4 Å². The van der Waals surface area contributed by atoms with Gasteiger partial charge in [0.1, 0.15) is 23.6 Å². The van der Waals surface area contributed by atoms with Crippen LogP contribution in [-0.2, 0) is 22.4 Å². The van der Waals surface area contributed by atoms with E-state index < -0.39 is 23.9 Å². The molecule has 1 aliphatic heterocycles. The van der Waals surface area contributed by atoms with Crippen molar-refractivity contribution in [3.8, 4) is 0 Å². The zero-order valence-corrected chi connectivity index (χ0v) is 17.2. The summed E-state index contributed by atoms with van der Waals surface area (Å²) in [6.07, 6.45) is 7.67. The number of likely N-dealkylation sites (tertiary alicyclic amines) is 1. The van der Waals surface area contributed by atoms with Gasteiger partial charge in [-0.1, -0.05) is 6.92 Å². The fraction of sp³-hybridized carbons (Fsp3) is 0.500. The van der Waals surface area contributed by atoms with E-state index in [1.807, 2.05) is 0 Å². The molecule has 10 nitrogen and oxygen atoms in total. The first-order valence-corrected chi connectivity index (χ1v) is 10.1. The molecule has 160 valence electrons. The molecule has 0 bridgehead atoms. The monoisotopic (exact) mass is 413 g/mol. The van der Waals surface area contributed by atoms with Crippen LogP contribution in [0.1, 0.15) is 53.9 Å². The maximum atomic E-state index is 13.3. The van der Waals surface area contributed by atoms with Gasteiger partial charge in [-0.2, -0.15) is 0 Å². The Labute approximate surface area is 174 Å². The average Bonchev–Trinajstić information content (AvgIpc) is 3.37. The molecule has 0 unspecified atom stereocenters. The standard InChI is InChI=1S/C20H27N7O3/c1-3-5-17-24-10-13(25-17)8-14(20(30)27-7-4-6-16(27)18(21)28)26-19(29)15-11-22-12(2)9-23-15/h9-11,14,16H,3-8H2,1-2H3,(H2,21,28)(H,24,25)(H,26,29)/t14-,16-/m0/s1. The molecule has 2 aromatic heterocycles. The van der Waals surface area contributed by atoms with Crippen LogP contribution in [0.3, 0.4) is 0 Å². The molecule has 0 aliphatic carbocycles. The minimum Gasteiger partial charge on any atom is -0.368 e. The van der Waals surface area contributed by atoms with E-state index >= 15 is 0 Å². The van der Waals surface area contributed by atoms with Gasteiger partial charge in [0.25, 0.3) is 5.91 Å². The van der Waals surface area contributed by atoms with Gasteiger partial charge < -0.3 is 20.9 Å². The van der Waals surface area contributed by atoms with Gasteiger partial charge in [0.15, 0.2) is 0 Å². The maximum absolute atomic E-state index is 13.3. The summed E-state index contributed by atoms with van der Waals surface area (Å²) in [7, 11) is 0. The van der Waals surface area contributed by atoms with Crippen molar-refractivity contribution in [1.82, 2.24) is 30.2 Å². The summed E-state index contributed by atoms with van der Waals surface area (Å²) in [5.74, 6) is -0.576. The quantitative estimate of drug-likeness (QED) is 0.566. The highest BCUT2D eigenvalue weighted by molar-refractivity contribution is 5.97. The molecular formula is C20H27N7O3. The van der Waals surface area contributed by atoms with Crippen LogP contribution in [0.5, 0.6) is 0 Å². The van der Waals surface area contributed by atoms with Crippen molar-refractivity contribution in [2.45, 2.75) is 58.0 Å². The van der Waals surface area contributed by atoms with Gasteiger partial charge in [0.2, 0.25) is 11.8 Å². The summed E-state index contributed by atoms with van der Waals surface area (Å²) < 4.78 is 0. The summed E-state index contributed by atoms with van der Waals surface area (Å²) in [6.45, 7) is 4.24. The lowest BCUT2D eigenvalue weighted by molar-refractivity contribution is -0.138. The molecule has 3 heterocycles. The van der Waals surface area contributed by atoms with Gasteiger partial charge in [0.05, 0.1) is 11.9 Å². The fourth-order valence-electron chi connectivity index (χ4n) is 3.56. The van der Waals surface area contributed by atoms with Gasteiger partial charge in [-0.3, -0.25) is 19.4 Å². The van der Waals surface area contributed by atoms with Crippen molar-refractivity contribution >= 4 is 17.7 Å². The van der Waals surface area contributed by atoms with E-state index in [1.165, 1.54) is 17.3 Å². The minimum atomic E-state index is -0.893. The maximum Gasteiger partial charge on any atom is 0.272 e. The van der Waals surface area contributed by atoms with Gasteiger partial charge in [-0.25, -0.2) is 9.97 Å². The first-order chi connectivity index (χ1) is 14.4. The normalized spacial score (nSPS) is 17.0. The Morgan fingerprint density at radius 3 is 2.73 bits per heavy atom. The lowest BCUT2D eigenvalue weighted by Gasteiger charge is -2.27. The number of hydrogen-bond donors (Lipinski definition) is 3. The molecule has 0 aromatic carbocycles. The van der Waals surface area contributed by atoms with Crippen molar-refractivity contribution in [2.24, 2.45) is 5.73 Å². The number of primary amides is 1.